The Balaban J connectivity index is 1.70. The molecular formula is C17H28N2O2. The molecule has 2 aliphatic heterocycles. The quantitative estimate of drug-likeness (QED) is 0.799. The molecule has 3 rings (SSSR count). The molecule has 21 heavy (non-hydrogen) atoms. The zero-order valence-electron chi connectivity index (χ0n) is 13.7. The van der Waals surface area contributed by atoms with Gasteiger partial charge in [-0.2, -0.15) is 0 Å². The molecule has 3 fully saturated rings. The van der Waals surface area contributed by atoms with Crippen molar-refractivity contribution in [2.24, 2.45) is 11.3 Å². The predicted octanol–water partition coefficient (Wildman–Crippen LogP) is 2.08. The first kappa shape index (κ1) is 15.0. The Hall–Kier alpha value is -0.900. The van der Waals surface area contributed by atoms with E-state index < -0.39 is 0 Å². The van der Waals surface area contributed by atoms with Gasteiger partial charge in [-0.15, -0.1) is 0 Å². The number of ketones is 1. The maximum Gasteiger partial charge on any atom is 0.226 e. The van der Waals surface area contributed by atoms with Gasteiger partial charge < -0.3 is 9.80 Å². The van der Waals surface area contributed by atoms with Gasteiger partial charge in [0, 0.05) is 23.4 Å². The number of likely N-dealkylation sites (tertiary alicyclic amines) is 2. The molecule has 2 atom stereocenters. The molecule has 4 nitrogen and oxygen atoms in total. The van der Waals surface area contributed by atoms with Crippen LogP contribution in [0.25, 0.3) is 0 Å². The average Bonchev–Trinajstić information content (AvgIpc) is 2.99. The largest absolute Gasteiger partial charge is 0.336 e. The molecule has 1 aliphatic carbocycles. The number of fused-ring (bicyclic) bond motifs is 2. The molecule has 2 unspecified atom stereocenters. The van der Waals surface area contributed by atoms with Gasteiger partial charge in [-0.05, 0) is 65.6 Å². The number of nitrogens with zero attached hydrogens (tertiary/aromatic N) is 2. The number of carbonyl (C=O) groups excluding carboxylic acids is 2. The highest BCUT2D eigenvalue weighted by molar-refractivity contribution is 5.87. The second kappa shape index (κ2) is 5.08. The number of carbonyl (C=O) groups is 2. The molecule has 0 aromatic carbocycles. The Labute approximate surface area is 127 Å². The van der Waals surface area contributed by atoms with Crippen LogP contribution in [0.5, 0.6) is 0 Å². The van der Waals surface area contributed by atoms with E-state index in [0.29, 0.717) is 12.5 Å². The lowest BCUT2D eigenvalue weighted by molar-refractivity contribution is -0.143. The smallest absolute Gasteiger partial charge is 0.226 e. The number of amides is 1. The lowest BCUT2D eigenvalue weighted by atomic mass is 9.83. The van der Waals surface area contributed by atoms with Gasteiger partial charge in [-0.3, -0.25) is 9.59 Å². The molecule has 2 bridgehead atoms. The van der Waals surface area contributed by atoms with Crippen LogP contribution in [0.3, 0.4) is 0 Å². The zero-order chi connectivity index (χ0) is 15.3. The Bertz CT molecular complexity index is 456. The number of piperidine rings is 2. The fourth-order valence-electron chi connectivity index (χ4n) is 4.75. The van der Waals surface area contributed by atoms with Gasteiger partial charge in [0.15, 0.2) is 0 Å². The molecule has 3 aliphatic rings. The van der Waals surface area contributed by atoms with E-state index in [1.54, 1.807) is 6.92 Å². The van der Waals surface area contributed by atoms with Gasteiger partial charge >= 0.3 is 0 Å². The van der Waals surface area contributed by atoms with Crippen molar-refractivity contribution in [3.8, 4) is 0 Å². The summed E-state index contributed by atoms with van der Waals surface area (Å²) in [4.78, 5) is 29.5. The minimum atomic E-state index is -0.228. The van der Waals surface area contributed by atoms with E-state index in [4.69, 9.17) is 0 Å². The molecule has 0 aromatic heterocycles. The minimum Gasteiger partial charge on any atom is -0.336 e. The summed E-state index contributed by atoms with van der Waals surface area (Å²) in [5, 5.41) is 0. The highest BCUT2D eigenvalue weighted by atomic mass is 16.2. The first-order chi connectivity index (χ1) is 9.90. The average molecular weight is 292 g/mol. The normalized spacial score (nSPS) is 37.2. The van der Waals surface area contributed by atoms with Crippen molar-refractivity contribution in [1.82, 2.24) is 9.80 Å². The maximum atomic E-state index is 13.0. The monoisotopic (exact) mass is 292 g/mol. The van der Waals surface area contributed by atoms with Crippen molar-refractivity contribution in [1.29, 1.82) is 0 Å². The number of hydrogen-bond acceptors (Lipinski definition) is 3. The molecule has 118 valence electrons. The first-order valence-electron chi connectivity index (χ1n) is 8.45. The summed E-state index contributed by atoms with van der Waals surface area (Å²) in [5.74, 6) is 0.770. The Kier molecular flexibility index (Phi) is 3.63. The van der Waals surface area contributed by atoms with Gasteiger partial charge in [-0.25, -0.2) is 0 Å². The van der Waals surface area contributed by atoms with E-state index in [-0.39, 0.29) is 22.7 Å². The van der Waals surface area contributed by atoms with Gasteiger partial charge in [0.1, 0.15) is 5.78 Å². The Morgan fingerprint density at radius 1 is 1.19 bits per heavy atom. The van der Waals surface area contributed by atoms with E-state index in [2.05, 4.69) is 23.6 Å². The van der Waals surface area contributed by atoms with E-state index in [0.717, 1.165) is 51.7 Å². The van der Waals surface area contributed by atoms with E-state index in [1.807, 2.05) is 0 Å². The van der Waals surface area contributed by atoms with Crippen LogP contribution >= 0.6 is 0 Å². The second-order valence-corrected chi connectivity index (χ2v) is 7.64. The van der Waals surface area contributed by atoms with E-state index in [1.165, 1.54) is 0 Å². The number of hydrogen-bond donors (Lipinski definition) is 0. The second-order valence-electron chi connectivity index (χ2n) is 7.64. The Morgan fingerprint density at radius 2 is 1.86 bits per heavy atom. The predicted molar refractivity (Wildman–Crippen MR) is 81.9 cm³/mol. The molecule has 1 saturated carbocycles. The first-order valence-corrected chi connectivity index (χ1v) is 8.45. The summed E-state index contributed by atoms with van der Waals surface area (Å²) >= 11 is 0. The topological polar surface area (TPSA) is 40.6 Å². The molecule has 2 heterocycles. The van der Waals surface area contributed by atoms with Crippen LogP contribution in [-0.2, 0) is 9.59 Å². The van der Waals surface area contributed by atoms with Crippen molar-refractivity contribution in [2.75, 3.05) is 26.2 Å². The summed E-state index contributed by atoms with van der Waals surface area (Å²) in [7, 11) is 0. The zero-order valence-corrected chi connectivity index (χ0v) is 13.7. The van der Waals surface area contributed by atoms with Gasteiger partial charge in [0.2, 0.25) is 5.91 Å². The molecule has 4 heteroatoms. The molecule has 0 radical (unpaired) electrons. The molecule has 1 amide bonds. The van der Waals surface area contributed by atoms with Crippen LogP contribution in [0.2, 0.25) is 0 Å². The summed E-state index contributed by atoms with van der Waals surface area (Å²) in [6.45, 7) is 9.90. The van der Waals surface area contributed by atoms with E-state index in [9.17, 15) is 9.59 Å². The van der Waals surface area contributed by atoms with Crippen LogP contribution < -0.4 is 0 Å². The van der Waals surface area contributed by atoms with Crippen LogP contribution in [0.15, 0.2) is 0 Å². The fraction of sp³-hybridized carbons (Fsp3) is 0.882. The summed E-state index contributed by atoms with van der Waals surface area (Å²) in [6.07, 6.45) is 4.80. The van der Waals surface area contributed by atoms with Gasteiger partial charge in [0.05, 0.1) is 0 Å². The van der Waals surface area contributed by atoms with Crippen molar-refractivity contribution in [3.05, 3.63) is 0 Å². The highest BCUT2D eigenvalue weighted by Gasteiger charge is 2.60. The van der Waals surface area contributed by atoms with Crippen LogP contribution in [0.4, 0.5) is 0 Å². The number of rotatable bonds is 3. The Morgan fingerprint density at radius 3 is 2.38 bits per heavy atom. The van der Waals surface area contributed by atoms with E-state index >= 15 is 0 Å². The minimum absolute atomic E-state index is 0.0648. The summed E-state index contributed by atoms with van der Waals surface area (Å²) < 4.78 is 0. The SMILES string of the molecule is CCN1CCC(C(=O)N2CC3(C(C)=O)CCC2(C)C3)CC1. The summed E-state index contributed by atoms with van der Waals surface area (Å²) in [5.41, 5.74) is -0.292. The third-order valence-electron chi connectivity index (χ3n) is 6.37. The molecule has 0 aromatic rings. The fourth-order valence-corrected chi connectivity index (χ4v) is 4.75. The van der Waals surface area contributed by atoms with Crippen LogP contribution in [0, 0.1) is 11.3 Å². The lowest BCUT2D eigenvalue weighted by Gasteiger charge is -2.41. The maximum absolute atomic E-state index is 13.0. The van der Waals surface area contributed by atoms with Gasteiger partial charge in [0.25, 0.3) is 0 Å². The molecule has 0 spiro atoms. The van der Waals surface area contributed by atoms with Crippen molar-refractivity contribution in [3.63, 3.8) is 0 Å². The van der Waals surface area contributed by atoms with Crippen LogP contribution in [0.1, 0.15) is 52.9 Å². The van der Waals surface area contributed by atoms with Crippen molar-refractivity contribution in [2.45, 2.75) is 58.4 Å². The van der Waals surface area contributed by atoms with Crippen LogP contribution in [-0.4, -0.2) is 53.2 Å². The molecule has 2 saturated heterocycles. The molecule has 0 N–H and O–H groups in total. The van der Waals surface area contributed by atoms with Crippen molar-refractivity contribution >= 4 is 11.7 Å². The molecular weight excluding hydrogens is 264 g/mol. The number of Topliss-reactive ketones (excluding diaryl/α,β-unsaturated/α-hetero) is 1. The van der Waals surface area contributed by atoms with Crippen molar-refractivity contribution < 1.29 is 9.59 Å². The lowest BCUT2D eigenvalue weighted by Crippen LogP contribution is -2.51. The third kappa shape index (κ3) is 2.32. The highest BCUT2D eigenvalue weighted by Crippen LogP contribution is 2.55. The standard InChI is InChI=1S/C17H28N2O2/c1-4-18-9-5-14(6-10-18)15(21)19-12-17(13(2)20)8-7-16(19,3)11-17/h14H,4-12H2,1-3H3. The third-order valence-corrected chi connectivity index (χ3v) is 6.37. The summed E-state index contributed by atoms with van der Waals surface area (Å²) in [6, 6.07) is 0. The van der Waals surface area contributed by atoms with Gasteiger partial charge in [-0.1, -0.05) is 6.92 Å².